The predicted molar refractivity (Wildman–Crippen MR) is 87.8 cm³/mol. The van der Waals surface area contributed by atoms with Crippen LogP contribution in [-0.4, -0.2) is 22.4 Å². The van der Waals surface area contributed by atoms with Crippen LogP contribution in [-0.2, 0) is 0 Å². The van der Waals surface area contributed by atoms with E-state index in [1.807, 2.05) is 44.2 Å². The van der Waals surface area contributed by atoms with Crippen molar-refractivity contribution in [3.8, 4) is 0 Å². The molecule has 2 aromatic rings. The Morgan fingerprint density at radius 3 is 2.73 bits per heavy atom. The maximum absolute atomic E-state index is 12.4. The van der Waals surface area contributed by atoms with E-state index in [0.717, 1.165) is 11.3 Å². The van der Waals surface area contributed by atoms with Crippen LogP contribution in [0.25, 0.3) is 0 Å². The molecule has 0 saturated heterocycles. The Bertz CT molecular complexity index is 655. The molecule has 0 fully saturated rings. The molecule has 0 aliphatic heterocycles. The molecule has 1 aromatic heterocycles. The summed E-state index contributed by atoms with van der Waals surface area (Å²) in [5.41, 5.74) is 2.13. The van der Waals surface area contributed by atoms with Gasteiger partial charge in [0.25, 0.3) is 5.91 Å². The maximum atomic E-state index is 12.4. The highest BCUT2D eigenvalue weighted by Crippen LogP contribution is 2.12. The number of aryl methyl sites for hydroxylation is 1. The lowest BCUT2D eigenvalue weighted by atomic mass is 10.1. The van der Waals surface area contributed by atoms with Gasteiger partial charge in [-0.15, -0.1) is 6.58 Å². The number of carbonyl (C=O) groups excluding carboxylic acids is 1. The van der Waals surface area contributed by atoms with Gasteiger partial charge in [-0.3, -0.25) is 4.79 Å². The first-order valence-corrected chi connectivity index (χ1v) is 7.16. The van der Waals surface area contributed by atoms with Crippen molar-refractivity contribution < 1.29 is 4.79 Å². The first kappa shape index (κ1) is 15.7. The summed E-state index contributed by atoms with van der Waals surface area (Å²) in [5, 5.41) is 5.94. The van der Waals surface area contributed by atoms with Crippen LogP contribution in [0.5, 0.6) is 0 Å². The van der Waals surface area contributed by atoms with Gasteiger partial charge in [-0.25, -0.2) is 9.97 Å². The summed E-state index contributed by atoms with van der Waals surface area (Å²) in [5.74, 6) is 0.209. The van der Waals surface area contributed by atoms with Crippen LogP contribution in [0.4, 0.5) is 5.95 Å². The van der Waals surface area contributed by atoms with Crippen molar-refractivity contribution in [2.75, 3.05) is 11.9 Å². The van der Waals surface area contributed by atoms with Gasteiger partial charge in [0.05, 0.1) is 6.04 Å². The quantitative estimate of drug-likeness (QED) is 0.804. The number of aromatic nitrogens is 2. The molecule has 2 N–H and O–H groups in total. The average molecular weight is 296 g/mol. The molecule has 0 spiro atoms. The molecule has 5 heteroatoms. The molecule has 1 amide bonds. The molecule has 1 atom stereocenters. The van der Waals surface area contributed by atoms with Crippen LogP contribution in [0.3, 0.4) is 0 Å². The molecular weight excluding hydrogens is 276 g/mol. The molecule has 0 radical (unpaired) electrons. The topological polar surface area (TPSA) is 66.9 Å². The summed E-state index contributed by atoms with van der Waals surface area (Å²) in [6.45, 7) is 7.95. The molecule has 0 aliphatic carbocycles. The van der Waals surface area contributed by atoms with E-state index >= 15 is 0 Å². The zero-order valence-corrected chi connectivity index (χ0v) is 12.8. The number of nitrogens with zero attached hydrogens (tertiary/aromatic N) is 2. The minimum Gasteiger partial charge on any atom is -0.351 e. The van der Waals surface area contributed by atoms with Crippen LogP contribution in [0.1, 0.15) is 34.7 Å². The zero-order valence-electron chi connectivity index (χ0n) is 12.8. The predicted octanol–water partition coefficient (Wildman–Crippen LogP) is 2.87. The van der Waals surface area contributed by atoms with E-state index in [-0.39, 0.29) is 11.9 Å². The van der Waals surface area contributed by atoms with Crippen LogP contribution >= 0.6 is 0 Å². The Morgan fingerprint density at radius 1 is 1.32 bits per heavy atom. The van der Waals surface area contributed by atoms with Crippen LogP contribution in [0.2, 0.25) is 0 Å². The molecule has 0 saturated carbocycles. The summed E-state index contributed by atoms with van der Waals surface area (Å²) in [7, 11) is 0. The Morgan fingerprint density at radius 2 is 2.05 bits per heavy atom. The monoisotopic (exact) mass is 296 g/mol. The van der Waals surface area contributed by atoms with E-state index in [1.54, 1.807) is 12.1 Å². The number of anilines is 1. The minimum atomic E-state index is -0.219. The fourth-order valence-corrected chi connectivity index (χ4v) is 2.02. The van der Waals surface area contributed by atoms with Gasteiger partial charge < -0.3 is 10.6 Å². The largest absolute Gasteiger partial charge is 0.351 e. The Kier molecular flexibility index (Phi) is 5.25. The lowest BCUT2D eigenvalue weighted by Crippen LogP contribution is -2.28. The lowest BCUT2D eigenvalue weighted by Gasteiger charge is -2.14. The Hall–Kier alpha value is -2.69. The number of amides is 1. The van der Waals surface area contributed by atoms with Crippen molar-refractivity contribution in [1.82, 2.24) is 15.3 Å². The van der Waals surface area contributed by atoms with Gasteiger partial charge in [-0.1, -0.05) is 36.4 Å². The number of carbonyl (C=O) groups is 1. The van der Waals surface area contributed by atoms with Gasteiger partial charge in [0.1, 0.15) is 5.69 Å². The highest BCUT2D eigenvalue weighted by atomic mass is 16.1. The van der Waals surface area contributed by atoms with Gasteiger partial charge in [-0.2, -0.15) is 0 Å². The molecule has 1 heterocycles. The van der Waals surface area contributed by atoms with Crippen molar-refractivity contribution in [2.45, 2.75) is 19.9 Å². The molecular formula is C17H20N4O. The summed E-state index contributed by atoms with van der Waals surface area (Å²) in [6.07, 6.45) is 1.71. The number of benzene rings is 1. The summed E-state index contributed by atoms with van der Waals surface area (Å²) >= 11 is 0. The van der Waals surface area contributed by atoms with E-state index in [1.165, 1.54) is 0 Å². The molecule has 114 valence electrons. The van der Waals surface area contributed by atoms with Crippen molar-refractivity contribution in [2.24, 2.45) is 0 Å². The second kappa shape index (κ2) is 7.36. The highest BCUT2D eigenvalue weighted by molar-refractivity contribution is 5.92. The summed E-state index contributed by atoms with van der Waals surface area (Å²) < 4.78 is 0. The molecule has 1 aromatic carbocycles. The zero-order chi connectivity index (χ0) is 15.9. The maximum Gasteiger partial charge on any atom is 0.270 e. The van der Waals surface area contributed by atoms with Crippen molar-refractivity contribution in [3.63, 3.8) is 0 Å². The van der Waals surface area contributed by atoms with Gasteiger partial charge >= 0.3 is 0 Å². The molecule has 5 nitrogen and oxygen atoms in total. The summed E-state index contributed by atoms with van der Waals surface area (Å²) in [4.78, 5) is 20.8. The standard InChI is InChI=1S/C17H20N4O/c1-4-10-18-17-19-12(2)11-15(21-17)16(22)20-13(3)14-8-6-5-7-9-14/h4-9,11,13H,1,10H2,2-3H3,(H,20,22)(H,18,19,21). The number of nitrogens with one attached hydrogen (secondary N) is 2. The van der Waals surface area contributed by atoms with Crippen molar-refractivity contribution in [3.05, 3.63) is 66.0 Å². The third kappa shape index (κ3) is 4.15. The molecule has 22 heavy (non-hydrogen) atoms. The van der Waals surface area contributed by atoms with E-state index in [9.17, 15) is 4.79 Å². The third-order valence-corrected chi connectivity index (χ3v) is 3.14. The fraction of sp³-hybridized carbons (Fsp3) is 0.235. The van der Waals surface area contributed by atoms with E-state index < -0.39 is 0 Å². The van der Waals surface area contributed by atoms with Gasteiger partial charge in [0.15, 0.2) is 0 Å². The molecule has 0 bridgehead atoms. The SMILES string of the molecule is C=CCNc1nc(C)cc(C(=O)NC(C)c2ccccc2)n1. The first-order valence-electron chi connectivity index (χ1n) is 7.16. The first-order chi connectivity index (χ1) is 10.6. The van der Waals surface area contributed by atoms with Crippen molar-refractivity contribution >= 4 is 11.9 Å². The van der Waals surface area contributed by atoms with E-state index in [0.29, 0.717) is 18.2 Å². The van der Waals surface area contributed by atoms with Crippen LogP contribution < -0.4 is 10.6 Å². The minimum absolute atomic E-state index is 0.0893. The summed E-state index contributed by atoms with van der Waals surface area (Å²) in [6, 6.07) is 11.4. The third-order valence-electron chi connectivity index (χ3n) is 3.14. The normalized spacial score (nSPS) is 11.5. The van der Waals surface area contributed by atoms with Gasteiger partial charge in [-0.05, 0) is 25.5 Å². The second-order valence-corrected chi connectivity index (χ2v) is 4.99. The molecule has 0 aliphatic rings. The van der Waals surface area contributed by atoms with Gasteiger partial charge in [0, 0.05) is 12.2 Å². The van der Waals surface area contributed by atoms with Crippen molar-refractivity contribution in [1.29, 1.82) is 0 Å². The van der Waals surface area contributed by atoms with E-state index in [4.69, 9.17) is 0 Å². The lowest BCUT2D eigenvalue weighted by molar-refractivity contribution is 0.0934. The van der Waals surface area contributed by atoms with E-state index in [2.05, 4.69) is 27.2 Å². The highest BCUT2D eigenvalue weighted by Gasteiger charge is 2.14. The number of hydrogen-bond acceptors (Lipinski definition) is 4. The van der Waals surface area contributed by atoms with Crippen LogP contribution in [0, 0.1) is 6.92 Å². The number of rotatable bonds is 6. The Balaban J connectivity index is 2.12. The molecule has 2 rings (SSSR count). The Labute approximate surface area is 130 Å². The average Bonchev–Trinajstić information content (AvgIpc) is 2.53. The smallest absolute Gasteiger partial charge is 0.270 e. The second-order valence-electron chi connectivity index (χ2n) is 4.99. The van der Waals surface area contributed by atoms with Crippen LogP contribution in [0.15, 0.2) is 49.1 Å². The fourth-order valence-electron chi connectivity index (χ4n) is 2.02. The molecule has 1 unspecified atom stereocenters. The number of hydrogen-bond donors (Lipinski definition) is 2. The van der Waals surface area contributed by atoms with Gasteiger partial charge in [0.2, 0.25) is 5.95 Å².